The average Bonchev–Trinajstić information content (AvgIpc) is 3.01. The molecule has 3 amide bonds. The molecule has 8 nitrogen and oxygen atoms in total. The number of methoxy groups -OCH3 is 1. The number of ether oxygens (including phenoxy) is 2. The summed E-state index contributed by atoms with van der Waals surface area (Å²) in [5, 5.41) is 2.35. The number of carbonyl (C=O) groups excluding carboxylic acids is 3. The fraction of sp³-hybridized carbons (Fsp3) is 0.514. The van der Waals surface area contributed by atoms with Gasteiger partial charge in [0.2, 0.25) is 0 Å². The van der Waals surface area contributed by atoms with Crippen LogP contribution in [-0.4, -0.2) is 60.2 Å². The van der Waals surface area contributed by atoms with E-state index < -0.39 is 71.1 Å². The van der Waals surface area contributed by atoms with E-state index in [0.717, 1.165) is 16.0 Å². The number of piperidine rings is 1. The number of allylic oxidation sites excluding steroid dienone is 1. The average molecular weight is 720 g/mol. The van der Waals surface area contributed by atoms with Crippen molar-refractivity contribution in [1.82, 2.24) is 15.1 Å². The predicted molar refractivity (Wildman–Crippen MR) is 172 cm³/mol. The van der Waals surface area contributed by atoms with E-state index in [-0.39, 0.29) is 11.6 Å². The number of esters is 1. The van der Waals surface area contributed by atoms with E-state index in [1.807, 2.05) is 13.0 Å². The minimum Gasteiger partial charge on any atom is -0.467 e. The number of hydrogen-bond acceptors (Lipinski definition) is 5. The standard InChI is InChI=1S/C26H27F7N2O.C9H17NO4/c1-5-17-8-9-35(23(11-17)22-7-6-21(27)10-15(22)2)24(36)34(4)16(3)18-12-19(25(28,29)30)14-20(13-18)26(31,32)33;1-6(7(11)13-5)10-8(12)14-9(2,3)4/h5-7,10,12-14,16,23H,8-9,11H2,1-4H3;6H,1-5H3,(H,10,12)/b17-5+;. The number of rotatable bonds is 5. The molecule has 1 saturated heterocycles. The van der Waals surface area contributed by atoms with Crippen molar-refractivity contribution < 1.29 is 54.6 Å². The highest BCUT2D eigenvalue weighted by molar-refractivity contribution is 5.80. The molecule has 50 heavy (non-hydrogen) atoms. The molecular formula is C35H44F7N3O5. The van der Waals surface area contributed by atoms with Crippen molar-refractivity contribution in [3.63, 3.8) is 0 Å². The normalized spacial score (nSPS) is 17.2. The summed E-state index contributed by atoms with van der Waals surface area (Å²) in [6, 6.07) is 2.80. The van der Waals surface area contributed by atoms with Crippen LogP contribution in [0, 0.1) is 12.7 Å². The number of aryl methyl sites for hydroxylation is 1. The molecule has 15 heteroatoms. The van der Waals surface area contributed by atoms with Gasteiger partial charge in [-0.1, -0.05) is 17.7 Å². The maximum atomic E-state index is 13.7. The predicted octanol–water partition coefficient (Wildman–Crippen LogP) is 9.14. The number of likely N-dealkylation sites (tertiary alicyclic amines) is 1. The van der Waals surface area contributed by atoms with Gasteiger partial charge in [0.05, 0.1) is 30.3 Å². The minimum absolute atomic E-state index is 0.0641. The maximum absolute atomic E-state index is 13.7. The number of nitrogens with zero attached hydrogens (tertiary/aromatic N) is 2. The molecule has 3 unspecified atom stereocenters. The first kappa shape index (κ1) is 41.9. The van der Waals surface area contributed by atoms with E-state index in [1.165, 1.54) is 40.1 Å². The van der Waals surface area contributed by atoms with Crippen LogP contribution in [0.5, 0.6) is 0 Å². The molecule has 0 aliphatic carbocycles. The Morgan fingerprint density at radius 1 is 0.980 bits per heavy atom. The molecule has 0 saturated carbocycles. The van der Waals surface area contributed by atoms with E-state index in [0.29, 0.717) is 37.1 Å². The summed E-state index contributed by atoms with van der Waals surface area (Å²) in [6.07, 6.45) is -7.60. The first-order valence-electron chi connectivity index (χ1n) is 15.7. The number of benzene rings is 2. The topological polar surface area (TPSA) is 88.2 Å². The van der Waals surface area contributed by atoms with Crippen LogP contribution in [0.1, 0.15) is 94.3 Å². The first-order chi connectivity index (χ1) is 22.9. The number of halogens is 7. The fourth-order valence-corrected chi connectivity index (χ4v) is 5.19. The Hall–Kier alpha value is -4.30. The van der Waals surface area contributed by atoms with Gasteiger partial charge in [0, 0.05) is 13.6 Å². The summed E-state index contributed by atoms with van der Waals surface area (Å²) >= 11 is 0. The number of amides is 3. The summed E-state index contributed by atoms with van der Waals surface area (Å²) in [7, 11) is 2.61. The lowest BCUT2D eigenvalue weighted by molar-refractivity contribution is -0.144. The number of nitrogens with one attached hydrogen (secondary N) is 1. The molecule has 3 atom stereocenters. The monoisotopic (exact) mass is 719 g/mol. The molecule has 278 valence electrons. The molecule has 0 bridgehead atoms. The fourth-order valence-electron chi connectivity index (χ4n) is 5.19. The highest BCUT2D eigenvalue weighted by atomic mass is 19.4. The van der Waals surface area contributed by atoms with Crippen LogP contribution in [0.2, 0.25) is 0 Å². The zero-order valence-corrected chi connectivity index (χ0v) is 29.5. The Balaban J connectivity index is 0.000000523. The van der Waals surface area contributed by atoms with Crippen molar-refractivity contribution in [3.05, 3.63) is 81.7 Å². The number of alkyl halides is 6. The second kappa shape index (κ2) is 16.6. The van der Waals surface area contributed by atoms with E-state index in [2.05, 4.69) is 10.1 Å². The maximum Gasteiger partial charge on any atom is 0.416 e. The summed E-state index contributed by atoms with van der Waals surface area (Å²) in [5.41, 5.74) is -1.27. The second-order valence-corrected chi connectivity index (χ2v) is 12.9. The highest BCUT2D eigenvalue weighted by Crippen LogP contribution is 2.40. The van der Waals surface area contributed by atoms with Crippen LogP contribution in [0.3, 0.4) is 0 Å². The molecule has 2 aromatic carbocycles. The van der Waals surface area contributed by atoms with Crippen molar-refractivity contribution in [3.8, 4) is 0 Å². The molecule has 1 aliphatic rings. The van der Waals surface area contributed by atoms with Gasteiger partial charge in [-0.25, -0.2) is 18.8 Å². The summed E-state index contributed by atoms with van der Waals surface area (Å²) in [5.74, 6) is -0.928. The van der Waals surface area contributed by atoms with Crippen molar-refractivity contribution in [2.75, 3.05) is 20.7 Å². The molecule has 1 fully saturated rings. The number of urea groups is 1. The van der Waals surface area contributed by atoms with E-state index >= 15 is 0 Å². The van der Waals surface area contributed by atoms with E-state index in [4.69, 9.17) is 4.74 Å². The van der Waals surface area contributed by atoms with Crippen molar-refractivity contribution in [2.45, 2.75) is 97.4 Å². The van der Waals surface area contributed by atoms with Crippen molar-refractivity contribution in [1.29, 1.82) is 0 Å². The highest BCUT2D eigenvalue weighted by Gasteiger charge is 2.39. The van der Waals surface area contributed by atoms with Crippen LogP contribution >= 0.6 is 0 Å². The molecular weight excluding hydrogens is 675 g/mol. The van der Waals surface area contributed by atoms with Gasteiger partial charge in [-0.15, -0.1) is 0 Å². The van der Waals surface area contributed by atoms with Gasteiger partial charge in [0.15, 0.2) is 0 Å². The molecule has 3 rings (SSSR count). The third kappa shape index (κ3) is 11.7. The lowest BCUT2D eigenvalue weighted by Crippen LogP contribution is -2.46. The van der Waals surface area contributed by atoms with Crippen LogP contribution in [0.4, 0.5) is 40.3 Å². The number of alkyl carbamates (subject to hydrolysis) is 1. The van der Waals surface area contributed by atoms with Gasteiger partial charge in [-0.3, -0.25) is 0 Å². The van der Waals surface area contributed by atoms with E-state index in [1.54, 1.807) is 38.7 Å². The van der Waals surface area contributed by atoms with Crippen LogP contribution in [0.15, 0.2) is 48.0 Å². The molecule has 1 aliphatic heterocycles. The zero-order chi connectivity index (χ0) is 38.4. The quantitative estimate of drug-likeness (QED) is 0.189. The molecule has 1 N–H and O–H groups in total. The van der Waals surface area contributed by atoms with Crippen LogP contribution < -0.4 is 5.32 Å². The molecule has 1 heterocycles. The van der Waals surface area contributed by atoms with Crippen molar-refractivity contribution in [2.24, 2.45) is 0 Å². The largest absolute Gasteiger partial charge is 0.467 e. The number of carbonyl (C=O) groups is 3. The van der Waals surface area contributed by atoms with Gasteiger partial charge in [-0.2, -0.15) is 26.3 Å². The van der Waals surface area contributed by atoms with Gasteiger partial charge >= 0.3 is 30.4 Å². The molecule has 0 radical (unpaired) electrons. The third-order valence-electron chi connectivity index (χ3n) is 8.01. The minimum atomic E-state index is -4.99. The van der Waals surface area contributed by atoms with E-state index in [9.17, 15) is 45.1 Å². The first-order valence-corrected chi connectivity index (χ1v) is 15.7. The van der Waals surface area contributed by atoms with Gasteiger partial charge in [-0.05, 0) is 108 Å². The Kier molecular flexibility index (Phi) is 13.9. The second-order valence-electron chi connectivity index (χ2n) is 12.9. The number of hydrogen-bond donors (Lipinski definition) is 1. The van der Waals surface area contributed by atoms with Gasteiger partial charge < -0.3 is 24.6 Å². The Morgan fingerprint density at radius 3 is 2.00 bits per heavy atom. The Morgan fingerprint density at radius 2 is 1.54 bits per heavy atom. The van der Waals surface area contributed by atoms with Crippen LogP contribution in [-0.2, 0) is 26.6 Å². The SMILES string of the molecule is C/C=C1\CCN(C(=O)N(C)C(C)c2cc(C(F)(F)F)cc(C(F)(F)F)c2)C(c2ccc(F)cc2C)C1.COC(=O)C(C)NC(=O)OC(C)(C)C. The Labute approximate surface area is 287 Å². The Bertz CT molecular complexity index is 1520. The zero-order valence-electron chi connectivity index (χ0n) is 29.5. The molecule has 2 aromatic rings. The summed E-state index contributed by atoms with van der Waals surface area (Å²) < 4.78 is 103. The third-order valence-corrected chi connectivity index (χ3v) is 8.01. The van der Waals surface area contributed by atoms with Crippen LogP contribution in [0.25, 0.3) is 0 Å². The summed E-state index contributed by atoms with van der Waals surface area (Å²) in [6.45, 7) is 12.0. The van der Waals surface area contributed by atoms with Crippen molar-refractivity contribution >= 4 is 18.1 Å². The smallest absolute Gasteiger partial charge is 0.416 e. The van der Waals surface area contributed by atoms with Gasteiger partial charge in [0.1, 0.15) is 17.5 Å². The summed E-state index contributed by atoms with van der Waals surface area (Å²) in [4.78, 5) is 38.3. The van der Waals surface area contributed by atoms with Gasteiger partial charge in [0.25, 0.3) is 0 Å². The molecule has 0 spiro atoms. The molecule has 0 aromatic heterocycles. The lowest BCUT2D eigenvalue weighted by atomic mass is 9.89. The lowest BCUT2D eigenvalue weighted by Gasteiger charge is -2.41.